The highest BCUT2D eigenvalue weighted by Gasteiger charge is 2.38. The molecule has 0 fully saturated rings. The lowest BCUT2D eigenvalue weighted by atomic mass is 9.88. The molecule has 5 heteroatoms. The van der Waals surface area contributed by atoms with Crippen LogP contribution in [0.3, 0.4) is 0 Å². The summed E-state index contributed by atoms with van der Waals surface area (Å²) in [6.45, 7) is 4.32. The molecule has 150 valence electrons. The molecule has 1 nitrogen and oxygen atoms in total. The van der Waals surface area contributed by atoms with Gasteiger partial charge in [0.15, 0.2) is 0 Å². The van der Waals surface area contributed by atoms with Gasteiger partial charge in [-0.15, -0.1) is 11.6 Å². The van der Waals surface area contributed by atoms with E-state index in [1.165, 1.54) is 22.4 Å². The third-order valence-corrected chi connectivity index (χ3v) is 5.86. The molecular formula is C23H25ClF3N. The first-order valence-corrected chi connectivity index (χ1v) is 10.0. The highest BCUT2D eigenvalue weighted by atomic mass is 35.5. The minimum atomic E-state index is -4.29. The van der Waals surface area contributed by atoms with Gasteiger partial charge in [0, 0.05) is 11.6 Å². The molecule has 2 aromatic rings. The molecule has 3 atom stereocenters. The van der Waals surface area contributed by atoms with Crippen molar-refractivity contribution in [2.75, 3.05) is 6.54 Å². The quantitative estimate of drug-likeness (QED) is 0.511. The zero-order valence-electron chi connectivity index (χ0n) is 16.1. The van der Waals surface area contributed by atoms with Crippen LogP contribution in [0.4, 0.5) is 13.2 Å². The van der Waals surface area contributed by atoms with Crippen molar-refractivity contribution in [2.24, 2.45) is 5.92 Å². The van der Waals surface area contributed by atoms with Gasteiger partial charge in [0.1, 0.15) is 0 Å². The largest absolute Gasteiger partial charge is 0.412 e. The fourth-order valence-corrected chi connectivity index (χ4v) is 3.99. The van der Waals surface area contributed by atoms with Crippen molar-refractivity contribution in [1.82, 2.24) is 5.32 Å². The van der Waals surface area contributed by atoms with Crippen molar-refractivity contribution in [3.8, 4) is 0 Å². The maximum atomic E-state index is 13.2. The van der Waals surface area contributed by atoms with E-state index < -0.39 is 23.0 Å². The van der Waals surface area contributed by atoms with Crippen LogP contribution in [0.15, 0.2) is 65.8 Å². The Hall–Kier alpha value is -1.78. The second-order valence-corrected chi connectivity index (χ2v) is 7.97. The Kier molecular flexibility index (Phi) is 6.51. The monoisotopic (exact) mass is 407 g/mol. The Labute approximate surface area is 169 Å². The predicted molar refractivity (Wildman–Crippen MR) is 111 cm³/mol. The number of allylic oxidation sites excluding steroid dienone is 4. The normalized spacial score (nSPS) is 19.9. The van der Waals surface area contributed by atoms with Gasteiger partial charge in [0.25, 0.3) is 0 Å². The van der Waals surface area contributed by atoms with Crippen molar-refractivity contribution in [1.29, 1.82) is 0 Å². The van der Waals surface area contributed by atoms with Gasteiger partial charge in [0.05, 0.1) is 5.38 Å². The van der Waals surface area contributed by atoms with E-state index in [-0.39, 0.29) is 6.04 Å². The summed E-state index contributed by atoms with van der Waals surface area (Å²) in [5.74, 6) is -0.517. The summed E-state index contributed by atoms with van der Waals surface area (Å²) in [6.07, 6.45) is -0.273. The molecule has 1 aliphatic carbocycles. The van der Waals surface area contributed by atoms with Gasteiger partial charge in [-0.1, -0.05) is 55.5 Å². The number of fused-ring (bicyclic) bond motifs is 1. The maximum absolute atomic E-state index is 13.2. The second kappa shape index (κ2) is 8.71. The number of benzene rings is 2. The molecule has 0 amide bonds. The van der Waals surface area contributed by atoms with E-state index in [4.69, 9.17) is 11.6 Å². The fraction of sp³-hybridized carbons (Fsp3) is 0.391. The molecule has 1 N–H and O–H groups in total. The van der Waals surface area contributed by atoms with Crippen LogP contribution in [0.25, 0.3) is 10.8 Å². The molecule has 2 aromatic carbocycles. The number of hydrogen-bond acceptors (Lipinski definition) is 1. The van der Waals surface area contributed by atoms with E-state index in [2.05, 4.69) is 36.5 Å². The topological polar surface area (TPSA) is 12.0 Å². The van der Waals surface area contributed by atoms with Crippen LogP contribution >= 0.6 is 11.6 Å². The Morgan fingerprint density at radius 3 is 2.61 bits per heavy atom. The van der Waals surface area contributed by atoms with Gasteiger partial charge in [-0.25, -0.2) is 0 Å². The van der Waals surface area contributed by atoms with Crippen LogP contribution in [0, 0.1) is 5.92 Å². The van der Waals surface area contributed by atoms with E-state index in [1.54, 1.807) is 6.92 Å². The SMILES string of the molecule is CC1CC=C(C(Cl)CCN[C@H](C)c2cccc3ccccc23)C=C1C(F)(F)F. The predicted octanol–water partition coefficient (Wildman–Crippen LogP) is 6.94. The molecule has 0 bridgehead atoms. The van der Waals surface area contributed by atoms with Gasteiger partial charge >= 0.3 is 6.18 Å². The average Bonchev–Trinajstić information content (AvgIpc) is 2.66. The molecule has 0 radical (unpaired) electrons. The number of nitrogens with one attached hydrogen (secondary N) is 1. The smallest absolute Gasteiger partial charge is 0.310 e. The van der Waals surface area contributed by atoms with Crippen LogP contribution in [-0.2, 0) is 0 Å². The standard InChI is InChI=1S/C23H25ClF3N/c1-15-10-11-18(14-21(15)23(25,26)27)22(24)12-13-28-16(2)19-9-5-7-17-6-3-4-8-20(17)19/h3-9,11,14-16,22,28H,10,12-13H2,1-2H3/t15?,16-,22?/m1/s1. The summed E-state index contributed by atoms with van der Waals surface area (Å²) in [7, 11) is 0. The average molecular weight is 408 g/mol. The highest BCUT2D eigenvalue weighted by molar-refractivity contribution is 6.22. The van der Waals surface area contributed by atoms with Gasteiger partial charge in [-0.2, -0.15) is 13.2 Å². The fourth-order valence-electron chi connectivity index (χ4n) is 3.73. The van der Waals surface area contributed by atoms with Crippen LogP contribution in [-0.4, -0.2) is 18.1 Å². The summed E-state index contributed by atoms with van der Waals surface area (Å²) in [6, 6.07) is 14.6. The number of rotatable bonds is 6. The van der Waals surface area contributed by atoms with Crippen molar-refractivity contribution in [2.45, 2.75) is 44.3 Å². The lowest BCUT2D eigenvalue weighted by Gasteiger charge is -2.24. The Bertz CT molecular complexity index is 880. The third-order valence-electron chi connectivity index (χ3n) is 5.39. The zero-order chi connectivity index (χ0) is 20.3. The van der Waals surface area contributed by atoms with E-state index >= 15 is 0 Å². The van der Waals surface area contributed by atoms with Gasteiger partial charge in [-0.3, -0.25) is 0 Å². The lowest BCUT2D eigenvalue weighted by molar-refractivity contribution is -0.0985. The summed E-state index contributed by atoms with van der Waals surface area (Å²) in [5.41, 5.74) is 1.30. The van der Waals surface area contributed by atoms with Crippen molar-refractivity contribution in [3.63, 3.8) is 0 Å². The van der Waals surface area contributed by atoms with Crippen molar-refractivity contribution in [3.05, 3.63) is 71.3 Å². The first-order chi connectivity index (χ1) is 13.3. The van der Waals surface area contributed by atoms with Crippen LogP contribution in [0.1, 0.15) is 38.3 Å². The lowest BCUT2D eigenvalue weighted by Crippen LogP contribution is -2.24. The summed E-state index contributed by atoms with van der Waals surface area (Å²) in [4.78, 5) is 0. The Balaban J connectivity index is 1.61. The molecule has 0 spiro atoms. The number of hydrogen-bond donors (Lipinski definition) is 1. The molecule has 0 aromatic heterocycles. The molecule has 1 aliphatic rings. The van der Waals surface area contributed by atoms with Crippen molar-refractivity contribution < 1.29 is 13.2 Å². The van der Waals surface area contributed by atoms with Crippen LogP contribution in [0.2, 0.25) is 0 Å². The molecule has 0 saturated heterocycles. The van der Waals surface area contributed by atoms with E-state index in [0.29, 0.717) is 25.0 Å². The first-order valence-electron chi connectivity index (χ1n) is 9.61. The van der Waals surface area contributed by atoms with Gasteiger partial charge in [-0.05, 0) is 60.2 Å². The van der Waals surface area contributed by atoms with E-state index in [0.717, 1.165) is 0 Å². The molecule has 0 aliphatic heterocycles. The maximum Gasteiger partial charge on any atom is 0.412 e. The minimum absolute atomic E-state index is 0.122. The van der Waals surface area contributed by atoms with E-state index in [1.807, 2.05) is 24.3 Å². The number of alkyl halides is 4. The summed E-state index contributed by atoms with van der Waals surface area (Å²) in [5, 5.41) is 5.42. The van der Waals surface area contributed by atoms with Crippen molar-refractivity contribution >= 4 is 22.4 Å². The second-order valence-electron chi connectivity index (χ2n) is 7.44. The first kappa shape index (κ1) is 20.9. The zero-order valence-corrected chi connectivity index (χ0v) is 16.8. The molecular weight excluding hydrogens is 383 g/mol. The summed E-state index contributed by atoms with van der Waals surface area (Å²) < 4.78 is 39.5. The van der Waals surface area contributed by atoms with Gasteiger partial charge < -0.3 is 5.32 Å². The van der Waals surface area contributed by atoms with Crippen LogP contribution in [0.5, 0.6) is 0 Å². The third kappa shape index (κ3) is 4.79. The van der Waals surface area contributed by atoms with Crippen LogP contribution < -0.4 is 5.32 Å². The molecule has 3 rings (SSSR count). The highest BCUT2D eigenvalue weighted by Crippen LogP contribution is 2.38. The number of halogens is 4. The molecule has 2 unspecified atom stereocenters. The van der Waals surface area contributed by atoms with Gasteiger partial charge in [0.2, 0.25) is 0 Å². The Morgan fingerprint density at radius 1 is 1.14 bits per heavy atom. The molecule has 0 saturated carbocycles. The minimum Gasteiger partial charge on any atom is -0.310 e. The van der Waals surface area contributed by atoms with E-state index in [9.17, 15) is 13.2 Å². The Morgan fingerprint density at radius 2 is 1.86 bits per heavy atom. The molecule has 28 heavy (non-hydrogen) atoms. The molecule has 0 heterocycles. The summed E-state index contributed by atoms with van der Waals surface area (Å²) >= 11 is 6.43.